The Balaban J connectivity index is 2.52. The van der Waals surface area contributed by atoms with Crippen LogP contribution in [0.15, 0.2) is 0 Å². The van der Waals surface area contributed by atoms with Gasteiger partial charge in [0.1, 0.15) is 5.82 Å². The number of carbonyl (C=O) groups is 2. The van der Waals surface area contributed by atoms with Crippen molar-refractivity contribution in [3.05, 3.63) is 11.6 Å². The van der Waals surface area contributed by atoms with Crippen molar-refractivity contribution in [2.75, 3.05) is 13.6 Å². The number of urea groups is 1. The van der Waals surface area contributed by atoms with Crippen LogP contribution in [0, 0.1) is 12.3 Å². The molecule has 0 bridgehead atoms. The Hall–Kier alpha value is -2.12. The Bertz CT molecular complexity index is 487. The molecule has 0 aromatic carbocycles. The van der Waals surface area contributed by atoms with Crippen molar-refractivity contribution in [2.45, 2.75) is 33.7 Å². The SMILES string of the molecule is CCC(C)(CNC(=O)N(C)Cc1n[nH]c(C)n1)C(=O)O. The summed E-state index contributed by atoms with van der Waals surface area (Å²) in [5.41, 5.74) is -0.961. The lowest BCUT2D eigenvalue weighted by Gasteiger charge is -2.25. The van der Waals surface area contributed by atoms with Gasteiger partial charge < -0.3 is 15.3 Å². The number of rotatable bonds is 6. The summed E-state index contributed by atoms with van der Waals surface area (Å²) in [4.78, 5) is 28.5. The van der Waals surface area contributed by atoms with Crippen LogP contribution in [0.25, 0.3) is 0 Å². The third kappa shape index (κ3) is 3.94. The van der Waals surface area contributed by atoms with Crippen molar-refractivity contribution in [2.24, 2.45) is 5.41 Å². The van der Waals surface area contributed by atoms with Gasteiger partial charge in [0.2, 0.25) is 0 Å². The minimum Gasteiger partial charge on any atom is -0.481 e. The molecule has 1 aromatic rings. The van der Waals surface area contributed by atoms with Gasteiger partial charge in [0.05, 0.1) is 12.0 Å². The summed E-state index contributed by atoms with van der Waals surface area (Å²) in [6.45, 7) is 5.49. The molecular formula is C12H21N5O3. The molecule has 1 atom stereocenters. The van der Waals surface area contributed by atoms with Gasteiger partial charge in [0, 0.05) is 13.6 Å². The summed E-state index contributed by atoms with van der Waals surface area (Å²) < 4.78 is 0. The number of aromatic amines is 1. The van der Waals surface area contributed by atoms with E-state index in [0.717, 1.165) is 0 Å². The first kappa shape index (κ1) is 15.9. The van der Waals surface area contributed by atoms with Gasteiger partial charge in [-0.25, -0.2) is 9.78 Å². The Labute approximate surface area is 117 Å². The lowest BCUT2D eigenvalue weighted by atomic mass is 9.88. The zero-order valence-corrected chi connectivity index (χ0v) is 12.2. The number of nitrogens with one attached hydrogen (secondary N) is 2. The molecule has 0 radical (unpaired) electrons. The number of carboxylic acid groups (broad SMARTS) is 1. The second kappa shape index (κ2) is 6.36. The number of amides is 2. The van der Waals surface area contributed by atoms with Crippen LogP contribution in [0.3, 0.4) is 0 Å². The minimum atomic E-state index is -0.961. The highest BCUT2D eigenvalue weighted by Crippen LogP contribution is 2.19. The number of hydrogen-bond acceptors (Lipinski definition) is 4. The zero-order valence-electron chi connectivity index (χ0n) is 12.2. The second-order valence-electron chi connectivity index (χ2n) is 5.07. The van der Waals surface area contributed by atoms with E-state index in [9.17, 15) is 9.59 Å². The number of nitrogens with zero attached hydrogens (tertiary/aromatic N) is 3. The van der Waals surface area contributed by atoms with Gasteiger partial charge in [-0.05, 0) is 20.3 Å². The van der Waals surface area contributed by atoms with E-state index < -0.39 is 11.4 Å². The van der Waals surface area contributed by atoms with Crippen LogP contribution in [0.2, 0.25) is 0 Å². The minimum absolute atomic E-state index is 0.0784. The maximum Gasteiger partial charge on any atom is 0.317 e. The molecule has 8 nitrogen and oxygen atoms in total. The summed E-state index contributed by atoms with van der Waals surface area (Å²) in [6.07, 6.45) is 0.437. The molecule has 8 heteroatoms. The van der Waals surface area contributed by atoms with E-state index in [1.54, 1.807) is 27.8 Å². The van der Waals surface area contributed by atoms with Gasteiger partial charge >= 0.3 is 12.0 Å². The molecule has 0 spiro atoms. The predicted octanol–water partition coefficient (Wildman–Crippen LogP) is 0.755. The van der Waals surface area contributed by atoms with Crippen molar-refractivity contribution in [3.8, 4) is 0 Å². The van der Waals surface area contributed by atoms with Crippen LogP contribution in [0.5, 0.6) is 0 Å². The van der Waals surface area contributed by atoms with Gasteiger partial charge in [-0.3, -0.25) is 9.89 Å². The molecule has 0 aliphatic rings. The summed E-state index contributed by atoms with van der Waals surface area (Å²) >= 11 is 0. The molecular weight excluding hydrogens is 262 g/mol. The van der Waals surface area contributed by atoms with Crippen LogP contribution < -0.4 is 5.32 Å². The van der Waals surface area contributed by atoms with Crippen molar-refractivity contribution in [1.82, 2.24) is 25.4 Å². The van der Waals surface area contributed by atoms with Crippen molar-refractivity contribution >= 4 is 12.0 Å². The molecule has 0 aliphatic heterocycles. The number of hydrogen-bond donors (Lipinski definition) is 3. The fourth-order valence-electron chi connectivity index (χ4n) is 1.50. The number of aryl methyl sites for hydroxylation is 1. The molecule has 1 unspecified atom stereocenters. The van der Waals surface area contributed by atoms with Gasteiger partial charge in [-0.1, -0.05) is 6.92 Å². The third-order valence-electron chi connectivity index (χ3n) is 3.30. The van der Waals surface area contributed by atoms with Gasteiger partial charge in [-0.15, -0.1) is 0 Å². The molecule has 0 aliphatic carbocycles. The first-order chi connectivity index (χ1) is 9.28. The maximum atomic E-state index is 11.9. The summed E-state index contributed by atoms with van der Waals surface area (Å²) in [5.74, 6) is 0.266. The zero-order chi connectivity index (χ0) is 15.3. The van der Waals surface area contributed by atoms with E-state index in [1.807, 2.05) is 0 Å². The van der Waals surface area contributed by atoms with Crippen molar-refractivity contribution in [1.29, 1.82) is 0 Å². The lowest BCUT2D eigenvalue weighted by molar-refractivity contribution is -0.147. The fourth-order valence-corrected chi connectivity index (χ4v) is 1.50. The average Bonchev–Trinajstić information content (AvgIpc) is 2.80. The Morgan fingerprint density at radius 1 is 1.50 bits per heavy atom. The Kier molecular flexibility index (Phi) is 5.06. The van der Waals surface area contributed by atoms with E-state index in [0.29, 0.717) is 18.1 Å². The van der Waals surface area contributed by atoms with Gasteiger partial charge in [-0.2, -0.15) is 5.10 Å². The molecule has 0 saturated heterocycles. The molecule has 2 amide bonds. The first-order valence-electron chi connectivity index (χ1n) is 6.38. The summed E-state index contributed by atoms with van der Waals surface area (Å²) in [6, 6.07) is -0.353. The monoisotopic (exact) mass is 283 g/mol. The number of aliphatic carboxylic acids is 1. The third-order valence-corrected chi connectivity index (χ3v) is 3.30. The van der Waals surface area contributed by atoms with Gasteiger partial charge in [0.25, 0.3) is 0 Å². The smallest absolute Gasteiger partial charge is 0.317 e. The van der Waals surface area contributed by atoms with Crippen molar-refractivity contribution in [3.63, 3.8) is 0 Å². The van der Waals surface area contributed by atoms with E-state index in [-0.39, 0.29) is 19.1 Å². The normalized spacial score (nSPS) is 13.6. The van der Waals surface area contributed by atoms with Crippen LogP contribution in [-0.4, -0.2) is 50.8 Å². The van der Waals surface area contributed by atoms with Gasteiger partial charge in [0.15, 0.2) is 5.82 Å². The highest BCUT2D eigenvalue weighted by molar-refractivity contribution is 5.77. The number of carboxylic acids is 1. The molecule has 1 aromatic heterocycles. The maximum absolute atomic E-state index is 11.9. The number of H-pyrrole nitrogens is 1. The summed E-state index contributed by atoms with van der Waals surface area (Å²) in [5, 5.41) is 18.4. The van der Waals surface area contributed by atoms with E-state index in [1.165, 1.54) is 4.90 Å². The summed E-state index contributed by atoms with van der Waals surface area (Å²) in [7, 11) is 1.60. The molecule has 3 N–H and O–H groups in total. The topological polar surface area (TPSA) is 111 Å². The highest BCUT2D eigenvalue weighted by Gasteiger charge is 2.31. The molecule has 0 fully saturated rings. The molecule has 20 heavy (non-hydrogen) atoms. The second-order valence-corrected chi connectivity index (χ2v) is 5.07. The quantitative estimate of drug-likeness (QED) is 0.713. The Morgan fingerprint density at radius 2 is 2.15 bits per heavy atom. The van der Waals surface area contributed by atoms with Crippen LogP contribution >= 0.6 is 0 Å². The van der Waals surface area contributed by atoms with E-state index in [2.05, 4.69) is 20.5 Å². The largest absolute Gasteiger partial charge is 0.481 e. The number of carbonyl (C=O) groups excluding carboxylic acids is 1. The van der Waals surface area contributed by atoms with Crippen LogP contribution in [-0.2, 0) is 11.3 Å². The highest BCUT2D eigenvalue weighted by atomic mass is 16.4. The predicted molar refractivity (Wildman–Crippen MR) is 72.0 cm³/mol. The average molecular weight is 283 g/mol. The van der Waals surface area contributed by atoms with Crippen LogP contribution in [0.1, 0.15) is 31.9 Å². The molecule has 1 heterocycles. The van der Waals surface area contributed by atoms with E-state index >= 15 is 0 Å². The standard InChI is InChI=1S/C12H21N5O3/c1-5-12(3,10(18)19)7-13-11(20)17(4)6-9-14-8(2)15-16-9/h5-7H2,1-4H3,(H,13,20)(H,18,19)(H,14,15,16). The Morgan fingerprint density at radius 3 is 2.60 bits per heavy atom. The molecule has 0 saturated carbocycles. The van der Waals surface area contributed by atoms with Crippen molar-refractivity contribution < 1.29 is 14.7 Å². The van der Waals surface area contributed by atoms with E-state index in [4.69, 9.17) is 5.11 Å². The van der Waals surface area contributed by atoms with Crippen LogP contribution in [0.4, 0.5) is 4.79 Å². The fraction of sp³-hybridized carbons (Fsp3) is 0.667. The first-order valence-corrected chi connectivity index (χ1v) is 6.38. The lowest BCUT2D eigenvalue weighted by Crippen LogP contribution is -2.45. The number of aromatic nitrogens is 3. The molecule has 112 valence electrons. The molecule has 1 rings (SSSR count).